The predicted octanol–water partition coefficient (Wildman–Crippen LogP) is 0.0920. The van der Waals surface area contributed by atoms with Crippen molar-refractivity contribution in [2.45, 2.75) is 44.6 Å². The minimum Gasteiger partial charge on any atom is -0.481 e. The molecule has 23 heavy (non-hydrogen) atoms. The normalized spacial score (nSPS) is 25.0. The second-order valence-corrected chi connectivity index (χ2v) is 8.02. The maximum atomic E-state index is 12.0. The Morgan fingerprint density at radius 3 is 2.65 bits per heavy atom. The molecule has 0 aromatic carbocycles. The molecule has 1 aliphatic rings. The molecule has 0 aromatic heterocycles. The minimum atomic E-state index is -3.55. The zero-order valence-corrected chi connectivity index (χ0v) is 14.4. The lowest BCUT2D eigenvalue weighted by Gasteiger charge is -2.39. The minimum absolute atomic E-state index is 0.122. The van der Waals surface area contributed by atoms with Crippen LogP contribution in [-0.2, 0) is 24.3 Å². The molecule has 0 aliphatic heterocycles. The number of nitrogens with one attached hydrogen (secondary N) is 2. The van der Waals surface area contributed by atoms with Crippen molar-refractivity contribution in [3.05, 3.63) is 0 Å². The molecule has 0 aromatic rings. The number of carboxylic acids is 1. The van der Waals surface area contributed by atoms with Crippen molar-refractivity contribution in [3.8, 4) is 0 Å². The first kappa shape index (κ1) is 19.9. The molecular formula is C14H26N2O6S. The lowest BCUT2D eigenvalue weighted by atomic mass is 9.74. The van der Waals surface area contributed by atoms with Crippen molar-refractivity contribution in [1.29, 1.82) is 0 Å². The smallest absolute Gasteiger partial charge is 0.308 e. The summed E-state index contributed by atoms with van der Waals surface area (Å²) in [7, 11) is -2.06. The highest BCUT2D eigenvalue weighted by atomic mass is 32.2. The van der Waals surface area contributed by atoms with Gasteiger partial charge < -0.3 is 15.2 Å². The second kappa shape index (κ2) is 8.60. The Labute approximate surface area is 137 Å². The maximum absolute atomic E-state index is 12.0. The molecule has 0 saturated heterocycles. The summed E-state index contributed by atoms with van der Waals surface area (Å²) in [5.74, 6) is -2.23. The van der Waals surface area contributed by atoms with Crippen LogP contribution in [0.25, 0.3) is 0 Å². The molecule has 0 radical (unpaired) electrons. The Bertz CT molecular complexity index is 521. The molecule has 1 fully saturated rings. The van der Waals surface area contributed by atoms with Gasteiger partial charge in [-0.2, -0.15) is 0 Å². The highest BCUT2D eigenvalue weighted by molar-refractivity contribution is 7.89. The van der Waals surface area contributed by atoms with Gasteiger partial charge in [0.15, 0.2) is 0 Å². The molecule has 0 bridgehead atoms. The summed E-state index contributed by atoms with van der Waals surface area (Å²) < 4.78 is 30.4. The molecule has 2 unspecified atom stereocenters. The van der Waals surface area contributed by atoms with Crippen LogP contribution in [0.15, 0.2) is 0 Å². The summed E-state index contributed by atoms with van der Waals surface area (Å²) in [5, 5.41) is 12.0. The fourth-order valence-electron chi connectivity index (χ4n) is 2.88. The van der Waals surface area contributed by atoms with E-state index in [1.807, 2.05) is 0 Å². The highest BCUT2D eigenvalue weighted by Crippen LogP contribution is 2.33. The van der Waals surface area contributed by atoms with Gasteiger partial charge in [0.2, 0.25) is 15.9 Å². The number of hydrogen-bond donors (Lipinski definition) is 3. The van der Waals surface area contributed by atoms with E-state index in [9.17, 15) is 23.1 Å². The van der Waals surface area contributed by atoms with Gasteiger partial charge in [-0.1, -0.05) is 12.8 Å². The summed E-state index contributed by atoms with van der Waals surface area (Å²) in [4.78, 5) is 23.3. The van der Waals surface area contributed by atoms with E-state index in [1.165, 1.54) is 7.11 Å². The molecule has 1 saturated carbocycles. The molecule has 1 rings (SSSR count). The third-order valence-electron chi connectivity index (χ3n) is 4.15. The Kier molecular flexibility index (Phi) is 7.43. The summed E-state index contributed by atoms with van der Waals surface area (Å²) in [6.07, 6.45) is 3.06. The van der Waals surface area contributed by atoms with Crippen LogP contribution in [-0.4, -0.2) is 57.0 Å². The van der Waals surface area contributed by atoms with Crippen molar-refractivity contribution in [2.75, 3.05) is 26.0 Å². The topological polar surface area (TPSA) is 122 Å². The molecule has 9 heteroatoms. The first-order valence-electron chi connectivity index (χ1n) is 7.70. The van der Waals surface area contributed by atoms with Gasteiger partial charge in [-0.3, -0.25) is 9.59 Å². The molecule has 1 aliphatic carbocycles. The number of amides is 1. The molecule has 0 spiro atoms. The van der Waals surface area contributed by atoms with Crippen LogP contribution in [0.5, 0.6) is 0 Å². The van der Waals surface area contributed by atoms with Crippen LogP contribution in [0, 0.1) is 5.92 Å². The maximum Gasteiger partial charge on any atom is 0.308 e. The largest absolute Gasteiger partial charge is 0.481 e. The van der Waals surface area contributed by atoms with Gasteiger partial charge >= 0.3 is 5.97 Å². The van der Waals surface area contributed by atoms with Gasteiger partial charge in [0.1, 0.15) is 0 Å². The van der Waals surface area contributed by atoms with Crippen molar-refractivity contribution in [1.82, 2.24) is 10.0 Å². The van der Waals surface area contributed by atoms with E-state index in [2.05, 4.69) is 10.0 Å². The molecular weight excluding hydrogens is 324 g/mol. The zero-order valence-electron chi connectivity index (χ0n) is 13.6. The van der Waals surface area contributed by atoms with Crippen molar-refractivity contribution in [3.63, 3.8) is 0 Å². The number of sulfonamides is 1. The summed E-state index contributed by atoms with van der Waals surface area (Å²) in [6.45, 7) is 1.64. The van der Waals surface area contributed by atoms with Gasteiger partial charge in [-0.15, -0.1) is 0 Å². The van der Waals surface area contributed by atoms with Gasteiger partial charge in [0.25, 0.3) is 0 Å². The SMILES string of the molecule is COCCCS(=O)(=O)NCC(=O)NC1(C)CCCCC1C(=O)O. The first-order valence-corrected chi connectivity index (χ1v) is 9.35. The Morgan fingerprint density at radius 1 is 1.35 bits per heavy atom. The van der Waals surface area contributed by atoms with Crippen molar-refractivity contribution < 1.29 is 27.9 Å². The fraction of sp³-hybridized carbons (Fsp3) is 0.857. The average molecular weight is 350 g/mol. The number of carboxylic acid groups (broad SMARTS) is 1. The van der Waals surface area contributed by atoms with Crippen LogP contribution < -0.4 is 10.0 Å². The van der Waals surface area contributed by atoms with Crippen molar-refractivity contribution >= 4 is 21.9 Å². The quantitative estimate of drug-likeness (QED) is 0.507. The number of rotatable bonds is 9. The lowest BCUT2D eigenvalue weighted by molar-refractivity contribution is -0.146. The van der Waals surface area contributed by atoms with E-state index in [-0.39, 0.29) is 5.75 Å². The standard InChI is InChI=1S/C14H26N2O6S/c1-14(7-4-3-6-11(14)13(18)19)16-12(17)10-15-23(20,21)9-5-8-22-2/h11,15H,3-10H2,1-2H3,(H,16,17)(H,18,19). The Morgan fingerprint density at radius 2 is 2.04 bits per heavy atom. The second-order valence-electron chi connectivity index (χ2n) is 6.09. The van der Waals surface area contributed by atoms with Gasteiger partial charge in [-0.05, 0) is 26.2 Å². The van der Waals surface area contributed by atoms with Crippen LogP contribution in [0.4, 0.5) is 0 Å². The van der Waals surface area contributed by atoms with Crippen LogP contribution in [0.3, 0.4) is 0 Å². The van der Waals surface area contributed by atoms with Crippen LogP contribution in [0.2, 0.25) is 0 Å². The first-order chi connectivity index (χ1) is 10.7. The molecule has 134 valence electrons. The lowest BCUT2D eigenvalue weighted by Crippen LogP contribution is -2.57. The fourth-order valence-corrected chi connectivity index (χ4v) is 3.88. The monoisotopic (exact) mass is 350 g/mol. The third-order valence-corrected chi connectivity index (χ3v) is 5.56. The van der Waals surface area contributed by atoms with Crippen molar-refractivity contribution in [2.24, 2.45) is 5.92 Å². The van der Waals surface area contributed by atoms with Gasteiger partial charge in [0, 0.05) is 13.7 Å². The number of carbonyl (C=O) groups is 2. The number of methoxy groups -OCH3 is 1. The summed E-state index contributed by atoms with van der Waals surface area (Å²) in [6, 6.07) is 0. The van der Waals surface area contributed by atoms with Gasteiger partial charge in [0.05, 0.1) is 23.8 Å². The van der Waals surface area contributed by atoms with E-state index >= 15 is 0 Å². The zero-order chi connectivity index (χ0) is 17.5. The molecule has 0 heterocycles. The van der Waals surface area contributed by atoms with E-state index in [1.54, 1.807) is 6.92 Å². The molecule has 2 atom stereocenters. The van der Waals surface area contributed by atoms with E-state index in [4.69, 9.17) is 4.74 Å². The predicted molar refractivity (Wildman–Crippen MR) is 84.4 cm³/mol. The number of carbonyl (C=O) groups excluding carboxylic acids is 1. The number of aliphatic carboxylic acids is 1. The Hall–Kier alpha value is -1.19. The van der Waals surface area contributed by atoms with Crippen LogP contribution >= 0.6 is 0 Å². The van der Waals surface area contributed by atoms with Crippen LogP contribution in [0.1, 0.15) is 39.0 Å². The van der Waals surface area contributed by atoms with E-state index in [0.717, 1.165) is 12.8 Å². The summed E-state index contributed by atoms with van der Waals surface area (Å²) in [5.41, 5.74) is -0.845. The Balaban J connectivity index is 2.53. The summed E-state index contributed by atoms with van der Waals surface area (Å²) >= 11 is 0. The van der Waals surface area contributed by atoms with Gasteiger partial charge in [-0.25, -0.2) is 13.1 Å². The number of hydrogen-bond acceptors (Lipinski definition) is 5. The average Bonchev–Trinajstić information content (AvgIpc) is 2.45. The molecule has 3 N–H and O–H groups in total. The third kappa shape index (κ3) is 6.44. The highest BCUT2D eigenvalue weighted by Gasteiger charge is 2.42. The number of ether oxygens (including phenoxy) is 1. The molecule has 1 amide bonds. The van der Waals surface area contributed by atoms with E-state index < -0.39 is 39.9 Å². The van der Waals surface area contributed by atoms with E-state index in [0.29, 0.717) is 25.9 Å². The molecule has 8 nitrogen and oxygen atoms in total.